The number of rotatable bonds is 6. The van der Waals surface area contributed by atoms with Crippen LogP contribution in [0.5, 0.6) is 5.75 Å². The zero-order chi connectivity index (χ0) is 14.5. The van der Waals surface area contributed by atoms with E-state index in [2.05, 4.69) is 27.8 Å². The van der Waals surface area contributed by atoms with Crippen LogP contribution in [0.1, 0.15) is 29.6 Å². The van der Waals surface area contributed by atoms with Gasteiger partial charge in [0.2, 0.25) is 0 Å². The summed E-state index contributed by atoms with van der Waals surface area (Å²) in [5.74, 6) is 0.833. The molecule has 3 nitrogen and oxygen atoms in total. The van der Waals surface area contributed by atoms with Gasteiger partial charge in [-0.1, -0.05) is 6.92 Å². The lowest BCUT2D eigenvalue weighted by Crippen LogP contribution is -2.22. The fourth-order valence-corrected chi connectivity index (χ4v) is 3.22. The number of hydrogen-bond acceptors (Lipinski definition) is 4. The third-order valence-corrected chi connectivity index (χ3v) is 5.00. The Labute approximate surface area is 132 Å². The number of halogens is 1. The number of hydrogen-bond donors (Lipinski definition) is 1. The van der Waals surface area contributed by atoms with Crippen LogP contribution in [0.4, 0.5) is 0 Å². The molecule has 0 aliphatic carbocycles. The fourth-order valence-electron chi connectivity index (χ4n) is 1.84. The maximum absolute atomic E-state index is 6.04. The van der Waals surface area contributed by atoms with Gasteiger partial charge in [0, 0.05) is 22.6 Å². The molecule has 1 atom stereocenters. The van der Waals surface area contributed by atoms with Crippen LogP contribution in [0.25, 0.3) is 0 Å². The quantitative estimate of drug-likeness (QED) is 0.850. The van der Waals surface area contributed by atoms with Crippen LogP contribution in [-0.2, 0) is 13.0 Å². The van der Waals surface area contributed by atoms with Crippen LogP contribution >= 0.6 is 27.3 Å². The molecule has 0 fully saturated rings. The number of nitrogens with two attached hydrogens (primary N) is 1. The van der Waals surface area contributed by atoms with E-state index in [4.69, 9.17) is 10.5 Å². The smallest absolute Gasteiger partial charge is 0.141 e. The number of aryl methyl sites for hydroxylation is 1. The van der Waals surface area contributed by atoms with Gasteiger partial charge in [0.15, 0.2) is 0 Å². The average molecular weight is 355 g/mol. The van der Waals surface area contributed by atoms with Crippen LogP contribution in [0.15, 0.2) is 28.1 Å². The zero-order valence-corrected chi connectivity index (χ0v) is 14.1. The highest BCUT2D eigenvalue weighted by Crippen LogP contribution is 2.26. The van der Waals surface area contributed by atoms with E-state index in [0.29, 0.717) is 6.61 Å². The summed E-state index contributed by atoms with van der Waals surface area (Å²) in [6, 6.07) is 6.12. The highest BCUT2D eigenvalue weighted by atomic mass is 79.9. The second-order valence-electron chi connectivity index (χ2n) is 4.75. The molecule has 0 saturated carbocycles. The van der Waals surface area contributed by atoms with E-state index in [0.717, 1.165) is 34.5 Å². The highest BCUT2D eigenvalue weighted by molar-refractivity contribution is 9.10. The topological polar surface area (TPSA) is 48.1 Å². The van der Waals surface area contributed by atoms with E-state index in [1.54, 1.807) is 11.3 Å². The Morgan fingerprint density at radius 2 is 2.20 bits per heavy atom. The molecule has 0 amide bonds. The van der Waals surface area contributed by atoms with Gasteiger partial charge in [-0.3, -0.25) is 4.98 Å². The van der Waals surface area contributed by atoms with Gasteiger partial charge in [-0.25, -0.2) is 0 Å². The summed E-state index contributed by atoms with van der Waals surface area (Å²) >= 11 is 5.20. The first kappa shape index (κ1) is 15.5. The summed E-state index contributed by atoms with van der Waals surface area (Å²) in [6.45, 7) is 4.63. The molecule has 2 heterocycles. The lowest BCUT2D eigenvalue weighted by molar-refractivity contribution is 0.303. The van der Waals surface area contributed by atoms with E-state index >= 15 is 0 Å². The Kier molecular flexibility index (Phi) is 5.57. The van der Waals surface area contributed by atoms with Gasteiger partial charge < -0.3 is 10.5 Å². The number of ether oxygens (including phenoxy) is 1. The molecule has 108 valence electrons. The second kappa shape index (κ2) is 7.20. The van der Waals surface area contributed by atoms with Gasteiger partial charge in [0.05, 0.1) is 10.6 Å². The van der Waals surface area contributed by atoms with Crippen molar-refractivity contribution in [1.82, 2.24) is 4.98 Å². The van der Waals surface area contributed by atoms with Crippen LogP contribution in [-0.4, -0.2) is 11.0 Å². The minimum atomic E-state index is 0.125. The molecule has 0 bridgehead atoms. The minimum absolute atomic E-state index is 0.125. The number of pyridine rings is 1. The van der Waals surface area contributed by atoms with E-state index < -0.39 is 0 Å². The van der Waals surface area contributed by atoms with Crippen LogP contribution in [0.3, 0.4) is 0 Å². The van der Waals surface area contributed by atoms with E-state index in [-0.39, 0.29) is 6.04 Å². The summed E-state index contributed by atoms with van der Waals surface area (Å²) in [4.78, 5) is 5.75. The number of thiophene rings is 1. The zero-order valence-electron chi connectivity index (χ0n) is 11.7. The van der Waals surface area contributed by atoms with Gasteiger partial charge in [0.1, 0.15) is 12.4 Å². The van der Waals surface area contributed by atoms with Crippen molar-refractivity contribution < 1.29 is 4.74 Å². The van der Waals surface area contributed by atoms with E-state index in [1.165, 1.54) is 4.88 Å². The molecule has 2 rings (SSSR count). The standard InChI is InChI=1S/C15H19BrN2OS/c1-3-11(17)8-13-14(5-4-10(2)18-13)19-9-15-12(16)6-7-20-15/h4-7,11H,3,8-9,17H2,1-2H3. The number of nitrogens with zero attached hydrogens (tertiary/aromatic N) is 1. The molecule has 2 N–H and O–H groups in total. The summed E-state index contributed by atoms with van der Waals surface area (Å²) in [6.07, 6.45) is 1.69. The Bertz CT molecular complexity index is 571. The van der Waals surface area contributed by atoms with Crippen molar-refractivity contribution in [3.8, 4) is 5.75 Å². The predicted molar refractivity (Wildman–Crippen MR) is 87.3 cm³/mol. The van der Waals surface area contributed by atoms with Gasteiger partial charge in [-0.05, 0) is 52.9 Å². The normalized spacial score (nSPS) is 12.4. The molecule has 20 heavy (non-hydrogen) atoms. The van der Waals surface area contributed by atoms with Crippen LogP contribution in [0, 0.1) is 6.92 Å². The highest BCUT2D eigenvalue weighted by Gasteiger charge is 2.11. The largest absolute Gasteiger partial charge is 0.486 e. The molecule has 1 unspecified atom stereocenters. The van der Waals surface area contributed by atoms with Crippen LogP contribution in [0.2, 0.25) is 0 Å². The molecule has 0 aliphatic heterocycles. The average Bonchev–Trinajstić information content (AvgIpc) is 2.83. The Morgan fingerprint density at radius 3 is 2.85 bits per heavy atom. The molecule has 0 saturated heterocycles. The molecular weight excluding hydrogens is 336 g/mol. The van der Waals surface area contributed by atoms with E-state index in [1.807, 2.05) is 30.5 Å². The SMILES string of the molecule is CCC(N)Cc1nc(C)ccc1OCc1sccc1Br. The third-order valence-electron chi connectivity index (χ3n) is 3.10. The summed E-state index contributed by atoms with van der Waals surface area (Å²) < 4.78 is 7.02. The maximum atomic E-state index is 6.04. The van der Waals surface area contributed by atoms with E-state index in [9.17, 15) is 0 Å². The minimum Gasteiger partial charge on any atom is -0.486 e. The van der Waals surface area contributed by atoms with Crippen LogP contribution < -0.4 is 10.5 Å². The molecule has 2 aromatic heterocycles. The third kappa shape index (κ3) is 4.04. The van der Waals surface area contributed by atoms with Gasteiger partial charge in [-0.2, -0.15) is 0 Å². The monoisotopic (exact) mass is 354 g/mol. The van der Waals surface area contributed by atoms with Crippen molar-refractivity contribution in [2.45, 2.75) is 39.3 Å². The van der Waals surface area contributed by atoms with Gasteiger partial charge >= 0.3 is 0 Å². The first-order valence-electron chi connectivity index (χ1n) is 6.67. The summed E-state index contributed by atoms with van der Waals surface area (Å²) in [5.41, 5.74) is 7.98. The van der Waals surface area contributed by atoms with Crippen molar-refractivity contribution in [1.29, 1.82) is 0 Å². The van der Waals surface area contributed by atoms with Crippen molar-refractivity contribution >= 4 is 27.3 Å². The molecule has 2 aromatic rings. The molecule has 0 aliphatic rings. The molecular formula is C15H19BrN2OS. The lowest BCUT2D eigenvalue weighted by atomic mass is 10.1. The summed E-state index contributed by atoms with van der Waals surface area (Å²) in [7, 11) is 0. The van der Waals surface area contributed by atoms with Crippen molar-refractivity contribution in [2.75, 3.05) is 0 Å². The first-order valence-corrected chi connectivity index (χ1v) is 8.34. The fraction of sp³-hybridized carbons (Fsp3) is 0.400. The molecule has 0 spiro atoms. The molecule has 0 aromatic carbocycles. The second-order valence-corrected chi connectivity index (χ2v) is 6.61. The molecule has 5 heteroatoms. The maximum Gasteiger partial charge on any atom is 0.141 e. The van der Waals surface area contributed by atoms with Gasteiger partial charge in [-0.15, -0.1) is 11.3 Å². The Morgan fingerprint density at radius 1 is 1.40 bits per heavy atom. The first-order chi connectivity index (χ1) is 9.60. The Balaban J connectivity index is 2.12. The lowest BCUT2D eigenvalue weighted by Gasteiger charge is -2.14. The molecule has 0 radical (unpaired) electrons. The van der Waals surface area contributed by atoms with Crippen molar-refractivity contribution in [3.05, 3.63) is 44.3 Å². The predicted octanol–water partition coefficient (Wildman–Crippen LogP) is 4.07. The number of aromatic nitrogens is 1. The van der Waals surface area contributed by atoms with Crippen molar-refractivity contribution in [3.63, 3.8) is 0 Å². The Hall–Kier alpha value is -0.910. The van der Waals surface area contributed by atoms with Crippen molar-refractivity contribution in [2.24, 2.45) is 5.73 Å². The summed E-state index contributed by atoms with van der Waals surface area (Å²) in [5, 5.41) is 2.05. The van der Waals surface area contributed by atoms with Gasteiger partial charge in [0.25, 0.3) is 0 Å².